The Hall–Kier alpha value is -3.28. The summed E-state index contributed by atoms with van der Waals surface area (Å²) in [6.07, 6.45) is 1.45. The van der Waals surface area contributed by atoms with Gasteiger partial charge >= 0.3 is 5.97 Å². The molecule has 3 rings (SSSR count). The van der Waals surface area contributed by atoms with Crippen molar-refractivity contribution in [2.75, 3.05) is 12.0 Å². The van der Waals surface area contributed by atoms with Crippen LogP contribution in [0.3, 0.4) is 0 Å². The quantitative estimate of drug-likeness (QED) is 0.490. The summed E-state index contributed by atoms with van der Waals surface area (Å²) in [5, 5.41) is 0. The number of hydrogen-bond acceptors (Lipinski definition) is 4. The number of nitrogens with zero attached hydrogens (tertiary/aromatic N) is 1. The molecule has 0 bridgehead atoms. The van der Waals surface area contributed by atoms with Gasteiger partial charge < -0.3 is 4.74 Å². The third-order valence-corrected chi connectivity index (χ3v) is 3.83. The highest BCUT2D eigenvalue weighted by atomic mass is 19.1. The van der Waals surface area contributed by atoms with Gasteiger partial charge in [-0.15, -0.1) is 0 Å². The van der Waals surface area contributed by atoms with Gasteiger partial charge in [0.15, 0.2) is 0 Å². The monoisotopic (exact) mass is 339 g/mol. The van der Waals surface area contributed by atoms with Crippen molar-refractivity contribution in [3.05, 3.63) is 71.0 Å². The van der Waals surface area contributed by atoms with E-state index in [1.807, 2.05) is 0 Å². The largest absolute Gasteiger partial charge is 0.465 e. The molecule has 25 heavy (non-hydrogen) atoms. The number of imide groups is 1. The van der Waals surface area contributed by atoms with Crippen LogP contribution in [-0.2, 0) is 14.3 Å². The molecule has 0 atom stereocenters. The predicted octanol–water partition coefficient (Wildman–Crippen LogP) is 2.96. The molecule has 1 aliphatic heterocycles. The number of para-hydroxylation sites is 1. The Morgan fingerprint density at radius 1 is 1.12 bits per heavy atom. The maximum Gasteiger partial charge on any atom is 0.337 e. The second-order valence-corrected chi connectivity index (χ2v) is 5.45. The summed E-state index contributed by atoms with van der Waals surface area (Å²) in [6, 6.07) is 12.0. The molecule has 0 spiro atoms. The molecule has 6 heteroatoms. The van der Waals surface area contributed by atoms with Gasteiger partial charge in [-0.2, -0.15) is 0 Å². The van der Waals surface area contributed by atoms with E-state index in [1.165, 1.54) is 25.3 Å². The van der Waals surface area contributed by atoms with E-state index in [0.29, 0.717) is 11.1 Å². The van der Waals surface area contributed by atoms with Crippen LogP contribution in [0.1, 0.15) is 22.3 Å². The van der Waals surface area contributed by atoms with Gasteiger partial charge in [0.2, 0.25) is 5.91 Å². The highest BCUT2D eigenvalue weighted by Crippen LogP contribution is 2.29. The minimum atomic E-state index is -0.632. The summed E-state index contributed by atoms with van der Waals surface area (Å²) in [6.45, 7) is 0. The number of rotatable bonds is 3. The Bertz CT molecular complexity index is 887. The first-order chi connectivity index (χ1) is 12.0. The lowest BCUT2D eigenvalue weighted by Gasteiger charge is -2.13. The molecular formula is C19H14FNO4. The number of benzene rings is 2. The van der Waals surface area contributed by atoms with E-state index in [-0.39, 0.29) is 17.7 Å². The molecule has 1 heterocycles. The van der Waals surface area contributed by atoms with Crippen LogP contribution < -0.4 is 4.90 Å². The Balaban J connectivity index is 1.88. The lowest BCUT2D eigenvalue weighted by atomic mass is 10.1. The highest BCUT2D eigenvalue weighted by Gasteiger charge is 2.36. The van der Waals surface area contributed by atoms with Gasteiger partial charge in [-0.1, -0.05) is 24.3 Å². The van der Waals surface area contributed by atoms with E-state index in [2.05, 4.69) is 4.74 Å². The molecule has 2 aromatic rings. The normalized spacial score (nSPS) is 15.8. The molecule has 1 aliphatic rings. The van der Waals surface area contributed by atoms with Gasteiger partial charge in [-0.25, -0.2) is 14.1 Å². The van der Waals surface area contributed by atoms with Crippen LogP contribution in [0.25, 0.3) is 6.08 Å². The number of amides is 2. The average Bonchev–Trinajstić information content (AvgIpc) is 2.89. The lowest BCUT2D eigenvalue weighted by Crippen LogP contribution is -2.29. The molecule has 0 radical (unpaired) electrons. The van der Waals surface area contributed by atoms with Crippen molar-refractivity contribution >= 4 is 29.5 Å². The van der Waals surface area contributed by atoms with Crippen molar-refractivity contribution in [1.29, 1.82) is 0 Å². The Morgan fingerprint density at radius 2 is 1.80 bits per heavy atom. The van der Waals surface area contributed by atoms with Gasteiger partial charge in [-0.05, 0) is 35.9 Å². The maximum absolute atomic E-state index is 13.9. The van der Waals surface area contributed by atoms with E-state index in [9.17, 15) is 18.8 Å². The summed E-state index contributed by atoms with van der Waals surface area (Å²) in [5.74, 6) is -2.12. The van der Waals surface area contributed by atoms with Crippen molar-refractivity contribution < 1.29 is 23.5 Å². The van der Waals surface area contributed by atoms with Crippen molar-refractivity contribution in [2.24, 2.45) is 0 Å². The smallest absolute Gasteiger partial charge is 0.337 e. The predicted molar refractivity (Wildman–Crippen MR) is 89.3 cm³/mol. The van der Waals surface area contributed by atoms with Crippen LogP contribution in [0.5, 0.6) is 0 Å². The molecule has 1 fully saturated rings. The molecule has 0 aromatic heterocycles. The van der Waals surface area contributed by atoms with E-state index < -0.39 is 23.6 Å². The fourth-order valence-corrected chi connectivity index (χ4v) is 2.60. The number of halogens is 1. The zero-order valence-electron chi connectivity index (χ0n) is 13.4. The van der Waals surface area contributed by atoms with Crippen LogP contribution in [0.4, 0.5) is 10.1 Å². The first kappa shape index (κ1) is 16.6. The molecule has 5 nitrogen and oxygen atoms in total. The second kappa shape index (κ2) is 6.68. The topological polar surface area (TPSA) is 63.7 Å². The third kappa shape index (κ3) is 3.19. The molecule has 0 unspecified atom stereocenters. The summed E-state index contributed by atoms with van der Waals surface area (Å²) >= 11 is 0. The average molecular weight is 339 g/mol. The van der Waals surface area contributed by atoms with Crippen LogP contribution >= 0.6 is 0 Å². The Labute approximate surface area is 143 Å². The standard InChI is InChI=1S/C19H14FNO4/c1-25-19(24)13-8-6-12(7-9-13)10-14-11-17(22)21(18(14)23)16-5-3-2-4-15(16)20/h2-10H,11H2,1H3/b14-10+. The second-order valence-electron chi connectivity index (χ2n) is 5.45. The molecule has 0 N–H and O–H groups in total. The fourth-order valence-electron chi connectivity index (χ4n) is 2.60. The molecule has 0 saturated carbocycles. The summed E-state index contributed by atoms with van der Waals surface area (Å²) in [7, 11) is 1.29. The van der Waals surface area contributed by atoms with Crippen LogP contribution in [0, 0.1) is 5.82 Å². The van der Waals surface area contributed by atoms with E-state index >= 15 is 0 Å². The number of carbonyl (C=O) groups excluding carboxylic acids is 3. The van der Waals surface area contributed by atoms with Gasteiger partial charge in [0, 0.05) is 5.57 Å². The maximum atomic E-state index is 13.9. The minimum absolute atomic E-state index is 0.0538. The molecular weight excluding hydrogens is 325 g/mol. The van der Waals surface area contributed by atoms with Crippen molar-refractivity contribution in [2.45, 2.75) is 6.42 Å². The SMILES string of the molecule is COC(=O)c1ccc(/C=C2\CC(=O)N(c3ccccc3F)C2=O)cc1. The molecule has 2 aromatic carbocycles. The molecule has 2 amide bonds. The minimum Gasteiger partial charge on any atom is -0.465 e. The third-order valence-electron chi connectivity index (χ3n) is 3.83. The van der Waals surface area contributed by atoms with E-state index in [4.69, 9.17) is 0 Å². The first-order valence-electron chi connectivity index (χ1n) is 7.52. The zero-order chi connectivity index (χ0) is 18.0. The summed E-state index contributed by atoms with van der Waals surface area (Å²) < 4.78 is 18.5. The summed E-state index contributed by atoms with van der Waals surface area (Å²) in [5.41, 5.74) is 1.24. The molecule has 0 aliphatic carbocycles. The molecule has 126 valence electrons. The van der Waals surface area contributed by atoms with Crippen molar-refractivity contribution in [1.82, 2.24) is 0 Å². The first-order valence-corrected chi connectivity index (χ1v) is 7.52. The Kier molecular flexibility index (Phi) is 4.43. The van der Waals surface area contributed by atoms with Crippen molar-refractivity contribution in [3.8, 4) is 0 Å². The highest BCUT2D eigenvalue weighted by molar-refractivity contribution is 6.29. The van der Waals surface area contributed by atoms with E-state index in [1.54, 1.807) is 36.4 Å². The lowest BCUT2D eigenvalue weighted by molar-refractivity contribution is -0.120. The number of carbonyl (C=O) groups is 3. The Morgan fingerprint density at radius 3 is 2.44 bits per heavy atom. The number of anilines is 1. The van der Waals surface area contributed by atoms with Gasteiger partial charge in [0.25, 0.3) is 5.91 Å². The van der Waals surface area contributed by atoms with Crippen LogP contribution in [-0.4, -0.2) is 24.9 Å². The number of esters is 1. The van der Waals surface area contributed by atoms with Crippen LogP contribution in [0.15, 0.2) is 54.1 Å². The van der Waals surface area contributed by atoms with Gasteiger partial charge in [-0.3, -0.25) is 9.59 Å². The zero-order valence-corrected chi connectivity index (χ0v) is 13.4. The number of hydrogen-bond donors (Lipinski definition) is 0. The number of ether oxygens (including phenoxy) is 1. The van der Waals surface area contributed by atoms with Crippen molar-refractivity contribution in [3.63, 3.8) is 0 Å². The summed E-state index contributed by atoms with van der Waals surface area (Å²) in [4.78, 5) is 36.9. The van der Waals surface area contributed by atoms with Crippen LogP contribution in [0.2, 0.25) is 0 Å². The fraction of sp³-hybridized carbons (Fsp3) is 0.105. The number of methoxy groups -OCH3 is 1. The molecule has 1 saturated heterocycles. The van der Waals surface area contributed by atoms with Gasteiger partial charge in [0.1, 0.15) is 5.82 Å². The van der Waals surface area contributed by atoms with Gasteiger partial charge in [0.05, 0.1) is 24.8 Å². The van der Waals surface area contributed by atoms with E-state index in [0.717, 1.165) is 4.90 Å².